The predicted octanol–water partition coefficient (Wildman–Crippen LogP) is 3.10. The first-order chi connectivity index (χ1) is 12.9. The monoisotopic (exact) mass is 381 g/mol. The minimum atomic E-state index is -2.93. The molecule has 0 saturated carbocycles. The van der Waals surface area contributed by atoms with Crippen molar-refractivity contribution in [2.24, 2.45) is 0 Å². The molecule has 1 amide bonds. The van der Waals surface area contributed by atoms with Gasteiger partial charge in [0.25, 0.3) is 5.91 Å². The van der Waals surface area contributed by atoms with Crippen LogP contribution in [0.3, 0.4) is 0 Å². The van der Waals surface area contributed by atoms with Gasteiger partial charge in [0, 0.05) is 5.69 Å². The average Bonchev–Trinajstić information content (AvgIpc) is 2.66. The number of carbonyl (C=O) groups is 2. The van der Waals surface area contributed by atoms with Crippen molar-refractivity contribution in [1.29, 1.82) is 0 Å². The summed E-state index contributed by atoms with van der Waals surface area (Å²) in [6.45, 7) is -3.49. The van der Waals surface area contributed by atoms with E-state index in [2.05, 4.69) is 10.1 Å². The quantitative estimate of drug-likeness (QED) is 0.708. The Balaban J connectivity index is 1.95. The van der Waals surface area contributed by atoms with Gasteiger partial charge in [-0.05, 0) is 36.4 Å². The molecule has 0 aliphatic heterocycles. The van der Waals surface area contributed by atoms with Crippen molar-refractivity contribution in [3.8, 4) is 17.2 Å². The second-order valence-electron chi connectivity index (χ2n) is 5.06. The maximum absolute atomic E-state index is 12.3. The Kier molecular flexibility index (Phi) is 6.93. The van der Waals surface area contributed by atoms with Crippen LogP contribution in [0.5, 0.6) is 17.2 Å². The number of hydrogen-bond donors (Lipinski definition) is 1. The molecule has 0 aliphatic carbocycles. The lowest BCUT2D eigenvalue weighted by Gasteiger charge is -2.12. The molecule has 9 heteroatoms. The molecule has 7 nitrogen and oxygen atoms in total. The maximum atomic E-state index is 12.3. The molecule has 0 bridgehead atoms. The van der Waals surface area contributed by atoms with Crippen LogP contribution in [0.4, 0.5) is 14.5 Å². The number of nitrogens with one attached hydrogen (secondary N) is 1. The van der Waals surface area contributed by atoms with Gasteiger partial charge in [-0.2, -0.15) is 8.78 Å². The fourth-order valence-corrected chi connectivity index (χ4v) is 2.17. The molecule has 0 aromatic heterocycles. The summed E-state index contributed by atoms with van der Waals surface area (Å²) in [5.41, 5.74) is 0.385. The zero-order chi connectivity index (χ0) is 19.8. The van der Waals surface area contributed by atoms with E-state index in [0.29, 0.717) is 5.69 Å². The van der Waals surface area contributed by atoms with Gasteiger partial charge in [-0.3, -0.25) is 4.79 Å². The summed E-state index contributed by atoms with van der Waals surface area (Å²) in [5, 5.41) is 2.46. The fraction of sp³-hybridized carbons (Fsp3) is 0.222. The largest absolute Gasteiger partial charge is 0.496 e. The number of methoxy groups -OCH3 is 2. The van der Waals surface area contributed by atoms with Crippen molar-refractivity contribution in [1.82, 2.24) is 0 Å². The Labute approximate surface area is 153 Å². The van der Waals surface area contributed by atoms with E-state index >= 15 is 0 Å². The summed E-state index contributed by atoms with van der Waals surface area (Å²) >= 11 is 0. The van der Waals surface area contributed by atoms with Crippen LogP contribution in [-0.2, 0) is 9.53 Å². The molecule has 2 aromatic carbocycles. The summed E-state index contributed by atoms with van der Waals surface area (Å²) in [6, 6.07) is 10.1. The van der Waals surface area contributed by atoms with Crippen LogP contribution in [0.15, 0.2) is 42.5 Å². The first-order valence-electron chi connectivity index (χ1n) is 7.67. The van der Waals surface area contributed by atoms with E-state index in [9.17, 15) is 18.4 Å². The molecule has 0 heterocycles. The number of anilines is 1. The Hall–Kier alpha value is -3.36. The Morgan fingerprint density at radius 2 is 1.59 bits per heavy atom. The number of benzene rings is 2. The molecule has 2 rings (SSSR count). The lowest BCUT2D eigenvalue weighted by Crippen LogP contribution is -2.21. The SMILES string of the molecule is COc1cccc(OC)c1C(=O)OCC(=O)Nc1ccc(OC(F)F)cc1. The molecule has 2 aromatic rings. The van der Waals surface area contributed by atoms with Gasteiger partial charge in [0.1, 0.15) is 22.8 Å². The van der Waals surface area contributed by atoms with E-state index < -0.39 is 25.1 Å². The fourth-order valence-electron chi connectivity index (χ4n) is 2.17. The zero-order valence-electron chi connectivity index (χ0n) is 14.5. The predicted molar refractivity (Wildman–Crippen MR) is 91.5 cm³/mol. The van der Waals surface area contributed by atoms with Crippen LogP contribution in [0.1, 0.15) is 10.4 Å². The highest BCUT2D eigenvalue weighted by Crippen LogP contribution is 2.28. The van der Waals surface area contributed by atoms with E-state index in [1.54, 1.807) is 18.2 Å². The van der Waals surface area contributed by atoms with Crippen molar-refractivity contribution in [2.45, 2.75) is 6.61 Å². The Morgan fingerprint density at radius 1 is 1.00 bits per heavy atom. The van der Waals surface area contributed by atoms with E-state index in [0.717, 1.165) is 0 Å². The highest BCUT2D eigenvalue weighted by Gasteiger charge is 2.20. The molecule has 1 N–H and O–H groups in total. The lowest BCUT2D eigenvalue weighted by molar-refractivity contribution is -0.119. The van der Waals surface area contributed by atoms with Crippen LogP contribution in [-0.4, -0.2) is 39.3 Å². The first-order valence-corrected chi connectivity index (χ1v) is 7.67. The molecular formula is C18H17F2NO6. The van der Waals surface area contributed by atoms with Gasteiger partial charge in [-0.15, -0.1) is 0 Å². The van der Waals surface area contributed by atoms with Gasteiger partial charge >= 0.3 is 12.6 Å². The summed E-state index contributed by atoms with van der Waals surface area (Å²) in [7, 11) is 2.78. The second-order valence-corrected chi connectivity index (χ2v) is 5.06. The van der Waals surface area contributed by atoms with Crippen LogP contribution in [0.2, 0.25) is 0 Å². The number of esters is 1. The molecule has 0 spiro atoms. The highest BCUT2D eigenvalue weighted by molar-refractivity contribution is 5.98. The van der Waals surface area contributed by atoms with Gasteiger partial charge < -0.3 is 24.3 Å². The third-order valence-electron chi connectivity index (χ3n) is 3.33. The standard InChI is InChI=1S/C18H17F2NO6/c1-24-13-4-3-5-14(25-2)16(13)17(23)26-10-15(22)21-11-6-8-12(9-7-11)27-18(19)20/h3-9,18H,10H2,1-2H3,(H,21,22). The van der Waals surface area contributed by atoms with Crippen molar-refractivity contribution < 1.29 is 37.3 Å². The van der Waals surface area contributed by atoms with E-state index in [1.165, 1.54) is 38.5 Å². The summed E-state index contributed by atoms with van der Waals surface area (Å²) in [5.74, 6) is -0.957. The lowest BCUT2D eigenvalue weighted by atomic mass is 10.2. The molecule has 0 fully saturated rings. The van der Waals surface area contributed by atoms with Crippen molar-refractivity contribution in [3.63, 3.8) is 0 Å². The number of ether oxygens (including phenoxy) is 4. The number of hydrogen-bond acceptors (Lipinski definition) is 6. The maximum Gasteiger partial charge on any atom is 0.387 e. The van der Waals surface area contributed by atoms with Crippen LogP contribution >= 0.6 is 0 Å². The summed E-state index contributed by atoms with van der Waals surface area (Å²) in [6.07, 6.45) is 0. The Bertz CT molecular complexity index is 773. The number of rotatable bonds is 8. The second kappa shape index (κ2) is 9.37. The number of halogens is 2. The number of amides is 1. The third kappa shape index (κ3) is 5.56. The third-order valence-corrected chi connectivity index (χ3v) is 3.33. The number of alkyl halides is 2. The van der Waals surface area contributed by atoms with Gasteiger partial charge in [0.15, 0.2) is 6.61 Å². The zero-order valence-corrected chi connectivity index (χ0v) is 14.5. The molecule has 0 atom stereocenters. The minimum absolute atomic E-state index is 0.0438. The average molecular weight is 381 g/mol. The topological polar surface area (TPSA) is 83.1 Å². The Morgan fingerprint density at radius 3 is 2.11 bits per heavy atom. The van der Waals surface area contributed by atoms with Gasteiger partial charge in [0.2, 0.25) is 0 Å². The molecule has 0 radical (unpaired) electrons. The summed E-state index contributed by atoms with van der Waals surface area (Å²) in [4.78, 5) is 24.2. The van der Waals surface area contributed by atoms with Gasteiger partial charge in [0.05, 0.1) is 14.2 Å². The van der Waals surface area contributed by atoms with E-state index in [-0.39, 0.29) is 22.8 Å². The highest BCUT2D eigenvalue weighted by atomic mass is 19.3. The van der Waals surface area contributed by atoms with Crippen LogP contribution < -0.4 is 19.5 Å². The van der Waals surface area contributed by atoms with Gasteiger partial charge in [-0.25, -0.2) is 4.79 Å². The van der Waals surface area contributed by atoms with Crippen molar-refractivity contribution in [3.05, 3.63) is 48.0 Å². The molecule has 27 heavy (non-hydrogen) atoms. The minimum Gasteiger partial charge on any atom is -0.496 e. The molecule has 0 unspecified atom stereocenters. The summed E-state index contributed by atoms with van der Waals surface area (Å²) < 4.78 is 43.6. The van der Waals surface area contributed by atoms with Crippen LogP contribution in [0, 0.1) is 0 Å². The molecule has 0 saturated heterocycles. The van der Waals surface area contributed by atoms with Crippen molar-refractivity contribution >= 4 is 17.6 Å². The van der Waals surface area contributed by atoms with E-state index in [4.69, 9.17) is 14.2 Å². The normalized spacial score (nSPS) is 10.3. The van der Waals surface area contributed by atoms with Gasteiger partial charge in [-0.1, -0.05) is 6.07 Å². The molecular weight excluding hydrogens is 364 g/mol. The van der Waals surface area contributed by atoms with Crippen LogP contribution in [0.25, 0.3) is 0 Å². The van der Waals surface area contributed by atoms with E-state index in [1.807, 2.05) is 0 Å². The molecule has 144 valence electrons. The number of carbonyl (C=O) groups excluding carboxylic acids is 2. The smallest absolute Gasteiger partial charge is 0.387 e. The van der Waals surface area contributed by atoms with Crippen molar-refractivity contribution in [2.75, 3.05) is 26.1 Å². The first kappa shape index (κ1) is 20.0. The molecule has 0 aliphatic rings.